The quantitative estimate of drug-likeness (QED) is 0.579. The molecule has 1 aromatic carbocycles. The van der Waals surface area contributed by atoms with Gasteiger partial charge < -0.3 is 19.2 Å². The van der Waals surface area contributed by atoms with Crippen LogP contribution in [0.1, 0.15) is 68.8 Å². The number of carbonyl (C=O) groups is 2. The van der Waals surface area contributed by atoms with E-state index in [9.17, 15) is 14.4 Å². The van der Waals surface area contributed by atoms with E-state index < -0.39 is 17.6 Å². The summed E-state index contributed by atoms with van der Waals surface area (Å²) in [4.78, 5) is 37.5. The Morgan fingerprint density at radius 2 is 2.03 bits per heavy atom. The first-order chi connectivity index (χ1) is 13.6. The lowest BCUT2D eigenvalue weighted by molar-refractivity contribution is -0.137. The molecule has 0 spiro atoms. The summed E-state index contributed by atoms with van der Waals surface area (Å²) < 4.78 is 10.4. The summed E-state index contributed by atoms with van der Waals surface area (Å²) in [5.41, 5.74) is 1.44. The van der Waals surface area contributed by atoms with Crippen LogP contribution in [0.2, 0.25) is 0 Å². The van der Waals surface area contributed by atoms with Gasteiger partial charge in [-0.3, -0.25) is 4.79 Å². The molecule has 7 heteroatoms. The molecule has 0 bridgehead atoms. The van der Waals surface area contributed by atoms with Crippen LogP contribution in [-0.2, 0) is 9.53 Å². The van der Waals surface area contributed by atoms with E-state index in [2.05, 4.69) is 25.7 Å². The Balaban J connectivity index is 2.09. The Morgan fingerprint density at radius 1 is 1.31 bits per heavy atom. The third-order valence-electron chi connectivity index (χ3n) is 5.51. The summed E-state index contributed by atoms with van der Waals surface area (Å²) in [5.74, 6) is -1.24. The zero-order chi connectivity index (χ0) is 21.3. The molecule has 0 radical (unpaired) electrons. The maximum atomic E-state index is 12.3. The summed E-state index contributed by atoms with van der Waals surface area (Å²) in [7, 11) is 0. The molecule has 2 heterocycles. The fraction of sp³-hybridized carbons (Fsp3) is 0.500. The summed E-state index contributed by atoms with van der Waals surface area (Å²) in [6.45, 7) is 8.87. The Morgan fingerprint density at radius 3 is 2.69 bits per heavy atom. The van der Waals surface area contributed by atoms with Gasteiger partial charge in [-0.2, -0.15) is 0 Å². The van der Waals surface area contributed by atoms with Gasteiger partial charge in [0, 0.05) is 35.6 Å². The monoisotopic (exact) mass is 401 g/mol. The van der Waals surface area contributed by atoms with E-state index in [1.165, 1.54) is 6.07 Å². The average Bonchev–Trinajstić information content (AvgIpc) is 2.62. The Hall–Kier alpha value is -2.83. The first-order valence-electron chi connectivity index (χ1n) is 9.92. The molecule has 1 N–H and O–H groups in total. The summed E-state index contributed by atoms with van der Waals surface area (Å²) in [6.07, 6.45) is 1.53. The third kappa shape index (κ3) is 4.13. The van der Waals surface area contributed by atoms with E-state index in [-0.39, 0.29) is 30.0 Å². The van der Waals surface area contributed by atoms with E-state index in [1.54, 1.807) is 6.92 Å². The molecule has 1 aliphatic heterocycles. The average molecular weight is 401 g/mol. The molecule has 0 unspecified atom stereocenters. The SMILES string of the molecule is CCOC(=O)c1cc2cc3c(cc2oc1=O)N(CCCC(=O)O)C(C)(C)C[C@H]3C. The van der Waals surface area contributed by atoms with Gasteiger partial charge in [-0.15, -0.1) is 0 Å². The van der Waals surface area contributed by atoms with Gasteiger partial charge in [0.1, 0.15) is 11.1 Å². The van der Waals surface area contributed by atoms with Crippen molar-refractivity contribution in [2.45, 2.75) is 58.4 Å². The van der Waals surface area contributed by atoms with Crippen molar-refractivity contribution in [1.29, 1.82) is 0 Å². The maximum Gasteiger partial charge on any atom is 0.351 e. The van der Waals surface area contributed by atoms with Crippen LogP contribution < -0.4 is 10.5 Å². The molecule has 0 saturated heterocycles. The van der Waals surface area contributed by atoms with Gasteiger partial charge in [0.2, 0.25) is 0 Å². The van der Waals surface area contributed by atoms with Crippen molar-refractivity contribution in [3.8, 4) is 0 Å². The van der Waals surface area contributed by atoms with Gasteiger partial charge in [-0.1, -0.05) is 6.92 Å². The Labute approximate surface area is 169 Å². The van der Waals surface area contributed by atoms with Crippen LogP contribution in [-0.4, -0.2) is 35.7 Å². The molecule has 2 aromatic rings. The number of benzene rings is 1. The second-order valence-corrected chi connectivity index (χ2v) is 8.18. The molecule has 0 aliphatic carbocycles. The van der Waals surface area contributed by atoms with Crippen molar-refractivity contribution in [3.63, 3.8) is 0 Å². The highest BCUT2D eigenvalue weighted by molar-refractivity contribution is 5.94. The fourth-order valence-corrected chi connectivity index (χ4v) is 4.26. The molecular formula is C22H27NO6. The molecule has 156 valence electrons. The molecule has 0 amide bonds. The van der Waals surface area contributed by atoms with Gasteiger partial charge in [-0.05, 0) is 57.2 Å². The van der Waals surface area contributed by atoms with Gasteiger partial charge >= 0.3 is 17.6 Å². The van der Waals surface area contributed by atoms with Crippen molar-refractivity contribution in [2.75, 3.05) is 18.1 Å². The second-order valence-electron chi connectivity index (χ2n) is 8.18. The predicted octanol–water partition coefficient (Wildman–Crippen LogP) is 3.93. The number of esters is 1. The number of ether oxygens (including phenoxy) is 1. The lowest BCUT2D eigenvalue weighted by Crippen LogP contribution is -2.48. The topological polar surface area (TPSA) is 97.0 Å². The van der Waals surface area contributed by atoms with E-state index in [0.29, 0.717) is 23.9 Å². The normalized spacial score (nSPS) is 17.8. The second kappa shape index (κ2) is 7.89. The summed E-state index contributed by atoms with van der Waals surface area (Å²) in [6, 6.07) is 5.32. The molecule has 1 aromatic heterocycles. The number of rotatable bonds is 6. The first kappa shape index (κ1) is 20.9. The van der Waals surface area contributed by atoms with Crippen LogP contribution in [0, 0.1) is 0 Å². The van der Waals surface area contributed by atoms with Crippen LogP contribution >= 0.6 is 0 Å². The van der Waals surface area contributed by atoms with Crippen LogP contribution in [0.4, 0.5) is 5.69 Å². The summed E-state index contributed by atoms with van der Waals surface area (Å²) >= 11 is 0. The lowest BCUT2D eigenvalue weighted by atomic mass is 9.79. The van der Waals surface area contributed by atoms with Crippen molar-refractivity contribution < 1.29 is 23.8 Å². The molecule has 3 rings (SSSR count). The molecular weight excluding hydrogens is 374 g/mol. The number of nitrogens with zero attached hydrogens (tertiary/aromatic N) is 1. The van der Waals surface area contributed by atoms with Crippen molar-refractivity contribution >= 4 is 28.6 Å². The zero-order valence-electron chi connectivity index (χ0n) is 17.3. The van der Waals surface area contributed by atoms with Crippen LogP contribution in [0.25, 0.3) is 11.0 Å². The van der Waals surface area contributed by atoms with Gasteiger partial charge in [0.15, 0.2) is 0 Å². The molecule has 1 atom stereocenters. The van der Waals surface area contributed by atoms with Gasteiger partial charge in [-0.25, -0.2) is 9.59 Å². The predicted molar refractivity (Wildman–Crippen MR) is 110 cm³/mol. The first-order valence-corrected chi connectivity index (χ1v) is 9.92. The fourth-order valence-electron chi connectivity index (χ4n) is 4.26. The highest BCUT2D eigenvalue weighted by Gasteiger charge is 2.36. The van der Waals surface area contributed by atoms with Crippen LogP contribution in [0.3, 0.4) is 0 Å². The summed E-state index contributed by atoms with van der Waals surface area (Å²) in [5, 5.41) is 9.66. The Bertz CT molecular complexity index is 1010. The van der Waals surface area contributed by atoms with Crippen molar-refractivity contribution in [1.82, 2.24) is 0 Å². The minimum absolute atomic E-state index is 0.100. The number of carboxylic acid groups (broad SMARTS) is 1. The molecule has 29 heavy (non-hydrogen) atoms. The molecule has 7 nitrogen and oxygen atoms in total. The van der Waals surface area contributed by atoms with Crippen LogP contribution in [0.5, 0.6) is 0 Å². The Kier molecular flexibility index (Phi) is 5.68. The van der Waals surface area contributed by atoms with Gasteiger partial charge in [0.05, 0.1) is 6.61 Å². The highest BCUT2D eigenvalue weighted by Crippen LogP contribution is 2.44. The third-order valence-corrected chi connectivity index (χ3v) is 5.51. The number of carbonyl (C=O) groups excluding carboxylic acids is 1. The van der Waals surface area contributed by atoms with E-state index in [1.807, 2.05) is 12.1 Å². The lowest BCUT2D eigenvalue weighted by Gasteiger charge is -2.47. The van der Waals surface area contributed by atoms with Crippen LogP contribution in [0.15, 0.2) is 27.4 Å². The van der Waals surface area contributed by atoms with E-state index in [4.69, 9.17) is 14.3 Å². The number of anilines is 1. The smallest absolute Gasteiger partial charge is 0.351 e. The maximum absolute atomic E-state index is 12.3. The standard InChI is InChI=1S/C22H27NO6/c1-5-28-20(26)16-10-14-9-15-13(2)12-22(3,4)23(8-6-7-19(24)25)17(15)11-18(14)29-21(16)27/h9-11,13H,5-8,12H2,1-4H3,(H,24,25)/t13-/m1/s1. The number of carboxylic acids is 1. The molecule has 0 fully saturated rings. The largest absolute Gasteiger partial charge is 0.481 e. The number of fused-ring (bicyclic) bond motifs is 2. The molecule has 1 aliphatic rings. The zero-order valence-corrected chi connectivity index (χ0v) is 17.3. The number of hydrogen-bond donors (Lipinski definition) is 1. The highest BCUT2D eigenvalue weighted by atomic mass is 16.5. The molecule has 0 saturated carbocycles. The number of hydrogen-bond acceptors (Lipinski definition) is 6. The van der Waals surface area contributed by atoms with E-state index >= 15 is 0 Å². The van der Waals surface area contributed by atoms with Gasteiger partial charge in [0.25, 0.3) is 0 Å². The van der Waals surface area contributed by atoms with E-state index in [0.717, 1.165) is 17.7 Å². The minimum Gasteiger partial charge on any atom is -0.481 e. The minimum atomic E-state index is -0.815. The van der Waals surface area contributed by atoms with Crippen molar-refractivity contribution in [2.24, 2.45) is 0 Å². The van der Waals surface area contributed by atoms with Crippen molar-refractivity contribution in [3.05, 3.63) is 39.7 Å². The number of aliphatic carboxylic acids is 1.